The smallest absolute Gasteiger partial charge is 0.226 e. The quantitative estimate of drug-likeness (QED) is 0.730. The maximum absolute atomic E-state index is 5.87. The van der Waals surface area contributed by atoms with Crippen LogP contribution in [0.15, 0.2) is 34.9 Å². The molecule has 124 valence electrons. The van der Waals surface area contributed by atoms with E-state index >= 15 is 0 Å². The first-order chi connectivity index (χ1) is 11.6. The number of nitrogens with zero attached hydrogens (tertiary/aromatic N) is 3. The van der Waals surface area contributed by atoms with E-state index in [2.05, 4.69) is 15.0 Å². The fourth-order valence-electron chi connectivity index (χ4n) is 2.18. The van der Waals surface area contributed by atoms with Crippen LogP contribution in [-0.4, -0.2) is 15.0 Å². The van der Waals surface area contributed by atoms with Crippen LogP contribution in [0.1, 0.15) is 18.3 Å². The molecule has 0 unspecified atom stereocenters. The number of halogens is 1. The number of hydrogen-bond donors (Lipinski definition) is 2. The summed E-state index contributed by atoms with van der Waals surface area (Å²) in [6.45, 7) is 2.12. The van der Waals surface area contributed by atoms with Gasteiger partial charge in [-0.25, -0.2) is 9.97 Å². The van der Waals surface area contributed by atoms with Gasteiger partial charge in [-0.1, -0.05) is 18.5 Å². The Bertz CT molecular complexity index is 848. The maximum atomic E-state index is 5.87. The zero-order valence-corrected chi connectivity index (χ0v) is 13.7. The van der Waals surface area contributed by atoms with Gasteiger partial charge in [0.2, 0.25) is 11.8 Å². The van der Waals surface area contributed by atoms with Gasteiger partial charge in [0.05, 0.1) is 5.69 Å². The van der Waals surface area contributed by atoms with E-state index in [0.29, 0.717) is 34.5 Å². The number of anilines is 2. The second-order valence-electron chi connectivity index (χ2n) is 5.04. The highest BCUT2D eigenvalue weighted by molar-refractivity contribution is 6.30. The van der Waals surface area contributed by atoms with Crippen molar-refractivity contribution in [2.45, 2.75) is 20.0 Å². The molecule has 0 saturated carbocycles. The molecule has 0 aliphatic carbocycles. The standard InChI is InChI=1S/C16H16ClN5O2/c1-2-12-13(14(18)22-16(19)21-12)23-7-11-8-24-15(20-11)9-3-5-10(17)6-4-9/h3-6,8H,2,7H2,1H3,(H4,18,19,21,22). The summed E-state index contributed by atoms with van der Waals surface area (Å²) in [6.07, 6.45) is 2.16. The Morgan fingerprint density at radius 2 is 1.88 bits per heavy atom. The van der Waals surface area contributed by atoms with Crippen LogP contribution in [0.2, 0.25) is 5.02 Å². The Morgan fingerprint density at radius 1 is 1.12 bits per heavy atom. The molecule has 4 N–H and O–H groups in total. The van der Waals surface area contributed by atoms with Gasteiger partial charge in [0.25, 0.3) is 0 Å². The lowest BCUT2D eigenvalue weighted by molar-refractivity contribution is 0.297. The first kappa shape index (κ1) is 16.1. The summed E-state index contributed by atoms with van der Waals surface area (Å²) in [7, 11) is 0. The van der Waals surface area contributed by atoms with E-state index in [-0.39, 0.29) is 18.4 Å². The van der Waals surface area contributed by atoms with Crippen molar-refractivity contribution >= 4 is 23.4 Å². The highest BCUT2D eigenvalue weighted by atomic mass is 35.5. The van der Waals surface area contributed by atoms with Crippen LogP contribution in [0.3, 0.4) is 0 Å². The molecular formula is C16H16ClN5O2. The molecular weight excluding hydrogens is 330 g/mol. The van der Waals surface area contributed by atoms with Crippen molar-refractivity contribution in [3.05, 3.63) is 46.9 Å². The van der Waals surface area contributed by atoms with Crippen molar-refractivity contribution in [2.24, 2.45) is 0 Å². The molecule has 1 aromatic carbocycles. The van der Waals surface area contributed by atoms with E-state index in [9.17, 15) is 0 Å². The van der Waals surface area contributed by atoms with Gasteiger partial charge in [0, 0.05) is 10.6 Å². The Morgan fingerprint density at radius 3 is 2.58 bits per heavy atom. The monoisotopic (exact) mass is 345 g/mol. The largest absolute Gasteiger partial charge is 0.481 e. The highest BCUT2D eigenvalue weighted by Crippen LogP contribution is 2.26. The minimum Gasteiger partial charge on any atom is -0.481 e. The fraction of sp³-hybridized carbons (Fsp3) is 0.188. The molecule has 24 heavy (non-hydrogen) atoms. The molecule has 8 heteroatoms. The second-order valence-corrected chi connectivity index (χ2v) is 5.47. The van der Waals surface area contributed by atoms with E-state index in [1.54, 1.807) is 12.1 Å². The van der Waals surface area contributed by atoms with E-state index in [1.165, 1.54) is 6.26 Å². The molecule has 0 aliphatic rings. The molecule has 2 aromatic heterocycles. The summed E-state index contributed by atoms with van der Waals surface area (Å²) in [5.74, 6) is 1.24. The van der Waals surface area contributed by atoms with Crippen LogP contribution in [0.5, 0.6) is 5.75 Å². The summed E-state index contributed by atoms with van der Waals surface area (Å²) < 4.78 is 11.2. The fourth-order valence-corrected chi connectivity index (χ4v) is 2.30. The number of benzene rings is 1. The van der Waals surface area contributed by atoms with E-state index in [1.807, 2.05) is 19.1 Å². The molecule has 0 amide bonds. The Hall–Kier alpha value is -2.80. The Balaban J connectivity index is 1.75. The third kappa shape index (κ3) is 3.41. The van der Waals surface area contributed by atoms with Crippen molar-refractivity contribution in [2.75, 3.05) is 11.5 Å². The Kier molecular flexibility index (Phi) is 4.52. The van der Waals surface area contributed by atoms with Crippen LogP contribution in [0.25, 0.3) is 11.5 Å². The normalized spacial score (nSPS) is 10.8. The second kappa shape index (κ2) is 6.76. The van der Waals surface area contributed by atoms with Crippen molar-refractivity contribution in [3.8, 4) is 17.2 Å². The van der Waals surface area contributed by atoms with E-state index < -0.39 is 0 Å². The molecule has 3 aromatic rings. The van der Waals surface area contributed by atoms with E-state index in [4.69, 9.17) is 32.2 Å². The molecule has 0 saturated heterocycles. The zero-order chi connectivity index (χ0) is 17.1. The number of hydrogen-bond acceptors (Lipinski definition) is 7. The first-order valence-corrected chi connectivity index (χ1v) is 7.69. The number of nitrogens with two attached hydrogens (primary N) is 2. The van der Waals surface area contributed by atoms with Gasteiger partial charge >= 0.3 is 0 Å². The molecule has 7 nitrogen and oxygen atoms in total. The molecule has 0 atom stereocenters. The molecule has 0 radical (unpaired) electrons. The summed E-state index contributed by atoms with van der Waals surface area (Å²) in [4.78, 5) is 12.4. The van der Waals surface area contributed by atoms with Gasteiger partial charge in [-0.3, -0.25) is 0 Å². The summed E-state index contributed by atoms with van der Waals surface area (Å²) in [6, 6.07) is 7.22. The molecule has 3 rings (SSSR count). The molecule has 0 aliphatic heterocycles. The molecule has 2 heterocycles. The zero-order valence-electron chi connectivity index (χ0n) is 13.0. The van der Waals surface area contributed by atoms with Gasteiger partial charge in [-0.2, -0.15) is 4.98 Å². The summed E-state index contributed by atoms with van der Waals surface area (Å²) >= 11 is 5.87. The van der Waals surface area contributed by atoms with Crippen LogP contribution in [0.4, 0.5) is 11.8 Å². The average molecular weight is 346 g/mol. The highest BCUT2D eigenvalue weighted by Gasteiger charge is 2.13. The van der Waals surface area contributed by atoms with Crippen LogP contribution in [-0.2, 0) is 13.0 Å². The van der Waals surface area contributed by atoms with Gasteiger partial charge in [0.1, 0.15) is 18.6 Å². The summed E-state index contributed by atoms with van der Waals surface area (Å²) in [5, 5.41) is 0.653. The summed E-state index contributed by atoms with van der Waals surface area (Å²) in [5.41, 5.74) is 13.6. The van der Waals surface area contributed by atoms with Gasteiger partial charge < -0.3 is 20.6 Å². The number of ether oxygens (including phenoxy) is 1. The van der Waals surface area contributed by atoms with Crippen molar-refractivity contribution in [3.63, 3.8) is 0 Å². The van der Waals surface area contributed by atoms with Gasteiger partial charge in [-0.15, -0.1) is 0 Å². The SMILES string of the molecule is CCc1nc(N)nc(N)c1OCc1coc(-c2ccc(Cl)cc2)n1. The van der Waals surface area contributed by atoms with Crippen LogP contribution < -0.4 is 16.2 Å². The predicted octanol–water partition coefficient (Wildman–Crippen LogP) is 3.09. The van der Waals surface area contributed by atoms with Crippen molar-refractivity contribution in [1.82, 2.24) is 15.0 Å². The number of nitrogen functional groups attached to an aromatic ring is 2. The van der Waals surface area contributed by atoms with Gasteiger partial charge in [0.15, 0.2) is 11.6 Å². The number of aromatic nitrogens is 3. The Labute approximate surface area is 143 Å². The van der Waals surface area contributed by atoms with Crippen LogP contribution >= 0.6 is 11.6 Å². The molecule has 0 spiro atoms. The van der Waals surface area contributed by atoms with Crippen LogP contribution in [0, 0.1) is 0 Å². The molecule has 0 fully saturated rings. The van der Waals surface area contributed by atoms with Crippen molar-refractivity contribution < 1.29 is 9.15 Å². The first-order valence-electron chi connectivity index (χ1n) is 7.31. The van der Waals surface area contributed by atoms with Crippen molar-refractivity contribution in [1.29, 1.82) is 0 Å². The lowest BCUT2D eigenvalue weighted by atomic mass is 10.2. The third-order valence-electron chi connectivity index (χ3n) is 3.32. The predicted molar refractivity (Wildman–Crippen MR) is 91.5 cm³/mol. The number of rotatable bonds is 5. The maximum Gasteiger partial charge on any atom is 0.226 e. The third-order valence-corrected chi connectivity index (χ3v) is 3.57. The molecule has 0 bridgehead atoms. The van der Waals surface area contributed by atoms with Gasteiger partial charge in [-0.05, 0) is 30.7 Å². The minimum atomic E-state index is 0.128. The average Bonchev–Trinajstić information content (AvgIpc) is 3.03. The van der Waals surface area contributed by atoms with E-state index in [0.717, 1.165) is 5.56 Å². The number of oxazole rings is 1. The minimum absolute atomic E-state index is 0.128. The topological polar surface area (TPSA) is 113 Å². The lowest BCUT2D eigenvalue weighted by Crippen LogP contribution is -2.08. The lowest BCUT2D eigenvalue weighted by Gasteiger charge is -2.10. The number of aryl methyl sites for hydroxylation is 1.